The predicted molar refractivity (Wildman–Crippen MR) is 77.9 cm³/mol. The number of hydrogen-bond acceptors (Lipinski definition) is 3. The van der Waals surface area contributed by atoms with Crippen LogP contribution in [0.15, 0.2) is 29.8 Å². The summed E-state index contributed by atoms with van der Waals surface area (Å²) in [6.45, 7) is 7.71. The molecule has 0 aliphatic heterocycles. The summed E-state index contributed by atoms with van der Waals surface area (Å²) < 4.78 is 28.7. The highest BCUT2D eigenvalue weighted by Gasteiger charge is 2.38. The highest BCUT2D eigenvalue weighted by molar-refractivity contribution is 7.89. The summed E-state index contributed by atoms with van der Waals surface area (Å²) in [6.07, 6.45) is 5.04. The van der Waals surface area contributed by atoms with Gasteiger partial charge in [0.05, 0.1) is 6.61 Å². The third-order valence-electron chi connectivity index (χ3n) is 3.49. The number of aliphatic hydroxyl groups is 1. The molecule has 2 rings (SSSR count). The molecule has 0 spiro atoms. The van der Waals surface area contributed by atoms with Crippen LogP contribution in [0.4, 0.5) is 0 Å². The van der Waals surface area contributed by atoms with E-state index in [4.69, 9.17) is 0 Å². The van der Waals surface area contributed by atoms with E-state index in [9.17, 15) is 13.5 Å². The van der Waals surface area contributed by atoms with Gasteiger partial charge in [0.15, 0.2) is 0 Å². The molecule has 5 nitrogen and oxygen atoms in total. The molecule has 1 aromatic rings. The van der Waals surface area contributed by atoms with Gasteiger partial charge in [-0.05, 0) is 32.8 Å². The summed E-state index contributed by atoms with van der Waals surface area (Å²) in [5, 5.41) is 9.36. The first kappa shape index (κ1) is 15.3. The second-order valence-electron chi connectivity index (χ2n) is 5.42. The molecule has 1 aliphatic carbocycles. The van der Waals surface area contributed by atoms with Gasteiger partial charge in [0.2, 0.25) is 10.0 Å². The van der Waals surface area contributed by atoms with Gasteiger partial charge >= 0.3 is 0 Å². The summed E-state index contributed by atoms with van der Waals surface area (Å²) in [7, 11) is -3.52. The number of aliphatic hydroxyl groups excluding tert-OH is 1. The third kappa shape index (κ3) is 2.82. The Morgan fingerprint density at radius 1 is 1.55 bits per heavy atom. The van der Waals surface area contributed by atoms with Crippen molar-refractivity contribution in [2.45, 2.75) is 50.3 Å². The van der Waals surface area contributed by atoms with Gasteiger partial charge in [-0.2, -0.15) is 4.31 Å². The van der Waals surface area contributed by atoms with Crippen LogP contribution < -0.4 is 0 Å². The van der Waals surface area contributed by atoms with Crippen LogP contribution in [-0.2, 0) is 16.6 Å². The fourth-order valence-corrected chi connectivity index (χ4v) is 4.02. The Morgan fingerprint density at radius 3 is 2.60 bits per heavy atom. The van der Waals surface area contributed by atoms with E-state index in [0.29, 0.717) is 12.2 Å². The molecular weight excluding hydrogens is 276 g/mol. The van der Waals surface area contributed by atoms with Gasteiger partial charge in [0.1, 0.15) is 4.90 Å². The topological polar surface area (TPSA) is 62.5 Å². The number of hydrogen-bond donors (Lipinski definition) is 1. The van der Waals surface area contributed by atoms with Crippen molar-refractivity contribution in [2.24, 2.45) is 0 Å². The number of sulfonamides is 1. The van der Waals surface area contributed by atoms with E-state index in [1.165, 1.54) is 4.31 Å². The maximum atomic E-state index is 12.7. The first-order valence-corrected chi connectivity index (χ1v) is 8.30. The molecule has 0 amide bonds. The van der Waals surface area contributed by atoms with Crippen molar-refractivity contribution < 1.29 is 13.5 Å². The SMILES string of the molecule is C=CCN(C1CC1)S(=O)(=O)c1cc(CO)n(C(C)C)c1. The Kier molecular flexibility index (Phi) is 4.36. The minimum Gasteiger partial charge on any atom is -0.390 e. The lowest BCUT2D eigenvalue weighted by Gasteiger charge is -2.19. The number of nitrogens with zero attached hydrogens (tertiary/aromatic N) is 2. The van der Waals surface area contributed by atoms with E-state index in [1.54, 1.807) is 22.9 Å². The Labute approximate surface area is 120 Å². The van der Waals surface area contributed by atoms with Crippen molar-refractivity contribution in [2.75, 3.05) is 6.54 Å². The molecule has 112 valence electrons. The van der Waals surface area contributed by atoms with E-state index >= 15 is 0 Å². The Balaban J connectivity index is 2.40. The molecule has 1 heterocycles. The Bertz CT molecular complexity index is 586. The molecule has 1 aromatic heterocycles. The molecule has 0 saturated heterocycles. The lowest BCUT2D eigenvalue weighted by molar-refractivity contribution is 0.268. The highest BCUT2D eigenvalue weighted by Crippen LogP contribution is 2.32. The Hall–Kier alpha value is -1.11. The standard InChI is InChI=1S/C14H22N2O3S/c1-4-7-16(12-5-6-12)20(18,19)14-8-13(10-17)15(9-14)11(2)3/h4,8-9,11-12,17H,1,5-7,10H2,2-3H3. The third-order valence-corrected chi connectivity index (χ3v) is 5.38. The van der Waals surface area contributed by atoms with E-state index in [0.717, 1.165) is 12.8 Å². The average Bonchev–Trinajstić information content (AvgIpc) is 3.11. The van der Waals surface area contributed by atoms with E-state index in [-0.39, 0.29) is 23.6 Å². The molecular formula is C14H22N2O3S. The van der Waals surface area contributed by atoms with Gasteiger partial charge in [-0.25, -0.2) is 8.42 Å². The van der Waals surface area contributed by atoms with E-state index in [2.05, 4.69) is 6.58 Å². The van der Waals surface area contributed by atoms with Gasteiger partial charge in [-0.15, -0.1) is 6.58 Å². The number of rotatable bonds is 7. The van der Waals surface area contributed by atoms with Crippen LogP contribution >= 0.6 is 0 Å². The second kappa shape index (κ2) is 5.71. The molecule has 20 heavy (non-hydrogen) atoms. The quantitative estimate of drug-likeness (QED) is 0.782. The van der Waals surface area contributed by atoms with Crippen LogP contribution in [0.25, 0.3) is 0 Å². The molecule has 0 atom stereocenters. The maximum absolute atomic E-state index is 12.7. The average molecular weight is 298 g/mol. The van der Waals surface area contributed by atoms with Gasteiger partial charge < -0.3 is 9.67 Å². The summed E-state index contributed by atoms with van der Waals surface area (Å²) in [5.41, 5.74) is 0.618. The second-order valence-corrected chi connectivity index (χ2v) is 7.31. The normalized spacial score (nSPS) is 16.1. The summed E-state index contributed by atoms with van der Waals surface area (Å²) in [4.78, 5) is 0.254. The molecule has 0 bridgehead atoms. The minimum atomic E-state index is -3.52. The first-order chi connectivity index (χ1) is 9.41. The van der Waals surface area contributed by atoms with Crippen molar-refractivity contribution in [3.8, 4) is 0 Å². The zero-order valence-electron chi connectivity index (χ0n) is 12.0. The van der Waals surface area contributed by atoms with Crippen LogP contribution in [0.1, 0.15) is 38.4 Å². The van der Waals surface area contributed by atoms with Gasteiger partial charge in [0, 0.05) is 30.5 Å². The van der Waals surface area contributed by atoms with Crippen molar-refractivity contribution in [1.82, 2.24) is 8.87 Å². The van der Waals surface area contributed by atoms with Crippen LogP contribution in [0, 0.1) is 0 Å². The van der Waals surface area contributed by atoms with Crippen LogP contribution in [0.3, 0.4) is 0 Å². The zero-order chi connectivity index (χ0) is 14.9. The number of aromatic nitrogens is 1. The molecule has 1 N–H and O–H groups in total. The van der Waals surface area contributed by atoms with Gasteiger partial charge in [-0.3, -0.25) is 0 Å². The van der Waals surface area contributed by atoms with Gasteiger partial charge in [0.25, 0.3) is 0 Å². The molecule has 1 saturated carbocycles. The lowest BCUT2D eigenvalue weighted by atomic mass is 10.3. The lowest BCUT2D eigenvalue weighted by Crippen LogP contribution is -2.33. The predicted octanol–water partition coefficient (Wildman–Crippen LogP) is 1.90. The fourth-order valence-electron chi connectivity index (χ4n) is 2.31. The smallest absolute Gasteiger partial charge is 0.245 e. The van der Waals surface area contributed by atoms with Crippen molar-refractivity contribution in [3.63, 3.8) is 0 Å². The monoisotopic (exact) mass is 298 g/mol. The van der Waals surface area contributed by atoms with Gasteiger partial charge in [-0.1, -0.05) is 6.08 Å². The molecule has 0 aromatic carbocycles. The van der Waals surface area contributed by atoms with Crippen LogP contribution in [0.2, 0.25) is 0 Å². The van der Waals surface area contributed by atoms with Crippen molar-refractivity contribution in [1.29, 1.82) is 0 Å². The van der Waals surface area contributed by atoms with E-state index < -0.39 is 10.0 Å². The summed E-state index contributed by atoms with van der Waals surface area (Å²) >= 11 is 0. The maximum Gasteiger partial charge on any atom is 0.245 e. The van der Waals surface area contributed by atoms with Crippen molar-refractivity contribution >= 4 is 10.0 Å². The summed E-state index contributed by atoms with van der Waals surface area (Å²) in [6, 6.07) is 1.77. The molecule has 6 heteroatoms. The Morgan fingerprint density at radius 2 is 2.20 bits per heavy atom. The van der Waals surface area contributed by atoms with E-state index in [1.807, 2.05) is 13.8 Å². The zero-order valence-corrected chi connectivity index (χ0v) is 12.8. The first-order valence-electron chi connectivity index (χ1n) is 6.86. The molecule has 0 unspecified atom stereocenters. The summed E-state index contributed by atoms with van der Waals surface area (Å²) in [5.74, 6) is 0. The van der Waals surface area contributed by atoms with Crippen LogP contribution in [0.5, 0.6) is 0 Å². The molecule has 1 aliphatic rings. The fraction of sp³-hybridized carbons (Fsp3) is 0.571. The molecule has 1 fully saturated rings. The molecule has 0 radical (unpaired) electrons. The minimum absolute atomic E-state index is 0.0953. The van der Waals surface area contributed by atoms with Crippen LogP contribution in [-0.4, -0.2) is 35.0 Å². The largest absolute Gasteiger partial charge is 0.390 e. The van der Waals surface area contributed by atoms with Crippen molar-refractivity contribution in [3.05, 3.63) is 30.6 Å². The highest BCUT2D eigenvalue weighted by atomic mass is 32.2.